The van der Waals surface area contributed by atoms with Crippen LogP contribution in [0.15, 0.2) is 35.1 Å². The lowest BCUT2D eigenvalue weighted by atomic mass is 9.96. The second kappa shape index (κ2) is 3.93. The summed E-state index contributed by atoms with van der Waals surface area (Å²) in [6, 6.07) is 6.24. The van der Waals surface area contributed by atoms with E-state index in [1.807, 2.05) is 0 Å². The number of nitrogens with zero attached hydrogens (tertiary/aromatic N) is 1. The molecule has 0 bridgehead atoms. The fourth-order valence-electron chi connectivity index (χ4n) is 2.09. The highest BCUT2D eigenvalue weighted by atomic mass is 19.1. The first-order chi connectivity index (χ1) is 7.22. The fourth-order valence-corrected chi connectivity index (χ4v) is 2.09. The summed E-state index contributed by atoms with van der Waals surface area (Å²) < 4.78 is 12.7. The Bertz CT molecular complexity index is 408. The normalized spacial score (nSPS) is 20.8. The topological polar surface area (TPSA) is 29.4 Å². The van der Waals surface area contributed by atoms with E-state index in [4.69, 9.17) is 0 Å². The summed E-state index contributed by atoms with van der Waals surface area (Å²) in [5.74, 6) is 0.0776. The van der Waals surface area contributed by atoms with Crippen molar-refractivity contribution < 1.29 is 4.39 Å². The van der Waals surface area contributed by atoms with E-state index in [2.05, 4.69) is 12.1 Å². The van der Waals surface area contributed by atoms with Crippen LogP contribution in [0.3, 0.4) is 0 Å². The van der Waals surface area contributed by atoms with Gasteiger partial charge in [0.15, 0.2) is 0 Å². The average Bonchev–Trinajstić information content (AvgIpc) is 2.61. The maximum Gasteiger partial charge on any atom is 0.123 e. The van der Waals surface area contributed by atoms with Crippen molar-refractivity contribution in [3.63, 3.8) is 0 Å². The molecule has 0 fully saturated rings. The van der Waals surface area contributed by atoms with E-state index in [1.54, 1.807) is 12.1 Å². The van der Waals surface area contributed by atoms with Crippen LogP contribution in [-0.2, 0) is 0 Å². The summed E-state index contributed by atoms with van der Waals surface area (Å²) >= 11 is 0. The van der Waals surface area contributed by atoms with Gasteiger partial charge in [-0.15, -0.1) is 4.91 Å². The molecule has 0 amide bonds. The maximum absolute atomic E-state index is 12.7. The van der Waals surface area contributed by atoms with Crippen LogP contribution >= 0.6 is 0 Å². The zero-order chi connectivity index (χ0) is 10.8. The molecule has 1 aliphatic rings. The van der Waals surface area contributed by atoms with Crippen molar-refractivity contribution >= 4 is 5.57 Å². The monoisotopic (exact) mass is 205 g/mol. The van der Waals surface area contributed by atoms with E-state index in [-0.39, 0.29) is 5.82 Å². The third kappa shape index (κ3) is 1.82. The van der Waals surface area contributed by atoms with Gasteiger partial charge in [-0.3, -0.25) is 0 Å². The molecule has 0 saturated carbocycles. The van der Waals surface area contributed by atoms with Gasteiger partial charge < -0.3 is 0 Å². The van der Waals surface area contributed by atoms with Crippen molar-refractivity contribution in [2.45, 2.75) is 19.8 Å². The summed E-state index contributed by atoms with van der Waals surface area (Å²) in [4.78, 5) is 10.6. The molecule has 0 heterocycles. The van der Waals surface area contributed by atoms with Gasteiger partial charge in [0.05, 0.1) is 5.70 Å². The SMILES string of the molecule is CC1CCC(N=O)=C1c1ccc(F)cc1. The lowest BCUT2D eigenvalue weighted by Gasteiger charge is -2.09. The lowest BCUT2D eigenvalue weighted by molar-refractivity contribution is 0.627. The van der Waals surface area contributed by atoms with E-state index in [0.29, 0.717) is 11.6 Å². The van der Waals surface area contributed by atoms with E-state index in [1.165, 1.54) is 12.1 Å². The van der Waals surface area contributed by atoms with Crippen LogP contribution in [0.5, 0.6) is 0 Å². The minimum Gasteiger partial charge on any atom is -0.207 e. The molecular weight excluding hydrogens is 193 g/mol. The van der Waals surface area contributed by atoms with E-state index in [9.17, 15) is 9.30 Å². The molecule has 1 aliphatic carbocycles. The quantitative estimate of drug-likeness (QED) is 0.676. The second-order valence-corrected chi connectivity index (χ2v) is 3.90. The van der Waals surface area contributed by atoms with Crippen LogP contribution in [-0.4, -0.2) is 0 Å². The first-order valence-corrected chi connectivity index (χ1v) is 5.04. The fraction of sp³-hybridized carbons (Fsp3) is 0.333. The van der Waals surface area contributed by atoms with Gasteiger partial charge in [0.25, 0.3) is 0 Å². The van der Waals surface area contributed by atoms with Crippen LogP contribution in [0.2, 0.25) is 0 Å². The molecular formula is C12H12FNO. The molecule has 2 nitrogen and oxygen atoms in total. The van der Waals surface area contributed by atoms with Gasteiger partial charge in [0.1, 0.15) is 5.82 Å². The molecule has 2 rings (SSSR count). The molecule has 0 radical (unpaired) electrons. The molecule has 1 unspecified atom stereocenters. The Labute approximate surface area is 87.8 Å². The third-order valence-corrected chi connectivity index (χ3v) is 2.88. The summed E-state index contributed by atoms with van der Waals surface area (Å²) in [6.45, 7) is 2.07. The highest BCUT2D eigenvalue weighted by molar-refractivity contribution is 5.71. The molecule has 1 atom stereocenters. The van der Waals surface area contributed by atoms with Gasteiger partial charge in [0.2, 0.25) is 0 Å². The number of benzene rings is 1. The van der Waals surface area contributed by atoms with Crippen molar-refractivity contribution in [1.29, 1.82) is 0 Å². The Morgan fingerprint density at radius 1 is 1.33 bits per heavy atom. The third-order valence-electron chi connectivity index (χ3n) is 2.88. The van der Waals surface area contributed by atoms with Crippen LogP contribution in [0.25, 0.3) is 5.57 Å². The largest absolute Gasteiger partial charge is 0.207 e. The first-order valence-electron chi connectivity index (χ1n) is 5.04. The van der Waals surface area contributed by atoms with Crippen LogP contribution in [0.4, 0.5) is 4.39 Å². The number of hydrogen-bond acceptors (Lipinski definition) is 2. The van der Waals surface area contributed by atoms with Crippen molar-refractivity contribution in [3.8, 4) is 0 Å². The zero-order valence-corrected chi connectivity index (χ0v) is 8.53. The number of hydrogen-bond donors (Lipinski definition) is 0. The van der Waals surface area contributed by atoms with Crippen LogP contribution in [0.1, 0.15) is 25.3 Å². The first kappa shape index (κ1) is 10.0. The zero-order valence-electron chi connectivity index (χ0n) is 8.53. The number of nitroso groups, excluding NO2 is 1. The minimum absolute atomic E-state index is 0.259. The molecule has 0 aliphatic heterocycles. The molecule has 0 N–H and O–H groups in total. The van der Waals surface area contributed by atoms with Crippen molar-refractivity contribution in [2.24, 2.45) is 11.1 Å². The molecule has 0 saturated heterocycles. The Morgan fingerprint density at radius 2 is 2.00 bits per heavy atom. The molecule has 0 aromatic heterocycles. The summed E-state index contributed by atoms with van der Waals surface area (Å²) in [5, 5.41) is 3.05. The molecule has 3 heteroatoms. The smallest absolute Gasteiger partial charge is 0.123 e. The molecule has 1 aromatic rings. The Morgan fingerprint density at radius 3 is 2.60 bits per heavy atom. The highest BCUT2D eigenvalue weighted by Gasteiger charge is 2.23. The lowest BCUT2D eigenvalue weighted by Crippen LogP contribution is -1.93. The van der Waals surface area contributed by atoms with Gasteiger partial charge in [-0.1, -0.05) is 19.1 Å². The standard InChI is InChI=1S/C12H12FNO/c1-8-2-7-11(14-15)12(8)9-3-5-10(13)6-4-9/h3-6,8H,2,7H2,1H3. The highest BCUT2D eigenvalue weighted by Crippen LogP contribution is 2.38. The number of allylic oxidation sites excluding steroid dienone is 2. The predicted molar refractivity (Wildman–Crippen MR) is 57.5 cm³/mol. The summed E-state index contributed by atoms with van der Waals surface area (Å²) in [6.07, 6.45) is 1.69. The summed E-state index contributed by atoms with van der Waals surface area (Å²) in [7, 11) is 0. The Kier molecular flexibility index (Phi) is 2.62. The molecule has 0 spiro atoms. The maximum atomic E-state index is 12.7. The molecule has 1 aromatic carbocycles. The van der Waals surface area contributed by atoms with Gasteiger partial charge in [-0.05, 0) is 47.2 Å². The van der Waals surface area contributed by atoms with Gasteiger partial charge in [-0.2, -0.15) is 0 Å². The second-order valence-electron chi connectivity index (χ2n) is 3.90. The van der Waals surface area contributed by atoms with Crippen LogP contribution < -0.4 is 0 Å². The number of halogens is 1. The van der Waals surface area contributed by atoms with E-state index in [0.717, 1.165) is 24.0 Å². The van der Waals surface area contributed by atoms with Crippen LogP contribution in [0, 0.1) is 16.6 Å². The van der Waals surface area contributed by atoms with Crippen molar-refractivity contribution in [1.82, 2.24) is 0 Å². The minimum atomic E-state index is -0.259. The van der Waals surface area contributed by atoms with Gasteiger partial charge >= 0.3 is 0 Å². The Hall–Kier alpha value is -1.51. The molecule has 78 valence electrons. The van der Waals surface area contributed by atoms with Crippen molar-refractivity contribution in [3.05, 3.63) is 46.3 Å². The predicted octanol–water partition coefficient (Wildman–Crippen LogP) is 3.73. The average molecular weight is 205 g/mol. The molecule has 15 heavy (non-hydrogen) atoms. The summed E-state index contributed by atoms with van der Waals surface area (Å²) in [5.41, 5.74) is 2.51. The van der Waals surface area contributed by atoms with E-state index < -0.39 is 0 Å². The van der Waals surface area contributed by atoms with Gasteiger partial charge in [-0.25, -0.2) is 4.39 Å². The van der Waals surface area contributed by atoms with Crippen molar-refractivity contribution in [2.75, 3.05) is 0 Å². The Balaban J connectivity index is 2.44. The number of rotatable bonds is 2. The van der Waals surface area contributed by atoms with Gasteiger partial charge in [0, 0.05) is 0 Å². The van der Waals surface area contributed by atoms with E-state index >= 15 is 0 Å².